The van der Waals surface area contributed by atoms with Gasteiger partial charge in [-0.3, -0.25) is 4.79 Å². The van der Waals surface area contributed by atoms with Gasteiger partial charge in [-0.25, -0.2) is 9.07 Å². The molecule has 1 saturated heterocycles. The van der Waals surface area contributed by atoms with Crippen LogP contribution in [0, 0.1) is 18.2 Å². The lowest BCUT2D eigenvalue weighted by Gasteiger charge is -2.22. The minimum atomic E-state index is -0.366. The quantitative estimate of drug-likeness (QED) is 0.923. The lowest BCUT2D eigenvalue weighted by atomic mass is 9.90. The molecular weight excluding hydrogens is 331 g/mol. The molecule has 1 unspecified atom stereocenters. The van der Waals surface area contributed by atoms with E-state index in [1.165, 1.54) is 16.9 Å². The third kappa shape index (κ3) is 3.16. The zero-order valence-corrected chi connectivity index (χ0v) is 14.6. The number of carbonyl (C=O) groups excluding carboxylic acids is 1. The summed E-state index contributed by atoms with van der Waals surface area (Å²) in [5.74, 6) is -0.433. The van der Waals surface area contributed by atoms with Gasteiger partial charge in [0.1, 0.15) is 11.5 Å². The van der Waals surface area contributed by atoms with E-state index in [1.54, 1.807) is 25.1 Å². The van der Waals surface area contributed by atoms with Crippen LogP contribution >= 0.6 is 12.4 Å². The summed E-state index contributed by atoms with van der Waals surface area (Å²) in [7, 11) is 0. The molecule has 1 aliphatic heterocycles. The third-order valence-electron chi connectivity index (χ3n) is 4.66. The molecule has 0 bridgehead atoms. The van der Waals surface area contributed by atoms with Crippen molar-refractivity contribution in [3.8, 4) is 5.69 Å². The molecule has 0 aliphatic carbocycles. The highest BCUT2D eigenvalue weighted by atomic mass is 35.5. The van der Waals surface area contributed by atoms with E-state index in [2.05, 4.69) is 12.0 Å². The molecule has 24 heavy (non-hydrogen) atoms. The molecule has 1 amide bonds. The Morgan fingerprint density at radius 2 is 2.12 bits per heavy atom. The molecule has 3 rings (SSSR count). The highest BCUT2D eigenvalue weighted by molar-refractivity contribution is 5.95. The second-order valence-corrected chi connectivity index (χ2v) is 6.50. The normalized spacial score (nSPS) is 20.1. The van der Waals surface area contributed by atoms with Gasteiger partial charge in [0.15, 0.2) is 0 Å². The molecule has 0 spiro atoms. The first-order valence-electron chi connectivity index (χ1n) is 7.74. The van der Waals surface area contributed by atoms with Gasteiger partial charge in [-0.2, -0.15) is 5.10 Å². The lowest BCUT2D eigenvalue weighted by Crippen LogP contribution is -2.34. The summed E-state index contributed by atoms with van der Waals surface area (Å²) >= 11 is 0. The topological polar surface area (TPSA) is 64.2 Å². The van der Waals surface area contributed by atoms with Crippen molar-refractivity contribution in [3.05, 3.63) is 47.5 Å². The van der Waals surface area contributed by atoms with Crippen LogP contribution in [-0.2, 0) is 0 Å². The van der Waals surface area contributed by atoms with E-state index >= 15 is 0 Å². The van der Waals surface area contributed by atoms with Crippen molar-refractivity contribution in [2.24, 2.45) is 11.1 Å². The Morgan fingerprint density at radius 3 is 2.75 bits per heavy atom. The first-order valence-corrected chi connectivity index (χ1v) is 7.74. The molecule has 5 nitrogen and oxygen atoms in total. The van der Waals surface area contributed by atoms with E-state index in [4.69, 9.17) is 5.73 Å². The summed E-state index contributed by atoms with van der Waals surface area (Å²) in [5.41, 5.74) is 7.27. The van der Waals surface area contributed by atoms with Gasteiger partial charge >= 0.3 is 0 Å². The van der Waals surface area contributed by atoms with Crippen LogP contribution in [0.25, 0.3) is 5.69 Å². The Kier molecular flexibility index (Phi) is 5.30. The van der Waals surface area contributed by atoms with Crippen LogP contribution in [0.15, 0.2) is 30.5 Å². The fourth-order valence-electron chi connectivity index (χ4n) is 3.02. The Bertz CT molecular complexity index is 748. The smallest absolute Gasteiger partial charge is 0.257 e. The monoisotopic (exact) mass is 352 g/mol. The molecule has 7 heteroatoms. The minimum Gasteiger partial charge on any atom is -0.338 e. The summed E-state index contributed by atoms with van der Waals surface area (Å²) in [6, 6.07) is 6.39. The summed E-state index contributed by atoms with van der Waals surface area (Å²) in [6.07, 6.45) is 2.41. The Balaban J connectivity index is 0.00000208. The lowest BCUT2D eigenvalue weighted by molar-refractivity contribution is 0.0776. The highest BCUT2D eigenvalue weighted by Gasteiger charge is 2.36. The average molecular weight is 353 g/mol. The zero-order chi connectivity index (χ0) is 16.6. The molecule has 2 aromatic rings. The van der Waals surface area contributed by atoms with E-state index in [0.29, 0.717) is 36.6 Å². The Labute approximate surface area is 147 Å². The fourth-order valence-corrected chi connectivity index (χ4v) is 3.02. The van der Waals surface area contributed by atoms with Crippen molar-refractivity contribution in [2.75, 3.05) is 19.6 Å². The van der Waals surface area contributed by atoms with Gasteiger partial charge in [0, 0.05) is 13.1 Å². The van der Waals surface area contributed by atoms with Gasteiger partial charge in [0.2, 0.25) is 0 Å². The standard InChI is InChI=1S/C17H21FN4O.ClH/c1-12-13(16(23)21-8-7-17(2,10-19)11-21)9-20-22(12)15-6-4-3-5-14(15)18;/h3-6,9H,7-8,10-11,19H2,1-2H3;1H. The number of carbonyl (C=O) groups is 1. The fraction of sp³-hybridized carbons (Fsp3) is 0.412. The number of benzene rings is 1. The molecule has 1 fully saturated rings. The number of rotatable bonds is 3. The third-order valence-corrected chi connectivity index (χ3v) is 4.66. The first-order chi connectivity index (χ1) is 10.9. The molecular formula is C17H22ClFN4O. The van der Waals surface area contributed by atoms with Crippen LogP contribution in [0.5, 0.6) is 0 Å². The van der Waals surface area contributed by atoms with Crippen molar-refractivity contribution < 1.29 is 9.18 Å². The van der Waals surface area contributed by atoms with E-state index in [9.17, 15) is 9.18 Å². The molecule has 1 aromatic carbocycles. The van der Waals surface area contributed by atoms with E-state index in [-0.39, 0.29) is 29.5 Å². The Hall–Kier alpha value is -1.92. The predicted octanol–water partition coefficient (Wildman–Crippen LogP) is 2.55. The molecule has 0 saturated carbocycles. The van der Waals surface area contributed by atoms with Crippen molar-refractivity contribution in [2.45, 2.75) is 20.3 Å². The number of likely N-dealkylation sites (tertiary alicyclic amines) is 1. The Morgan fingerprint density at radius 1 is 1.42 bits per heavy atom. The minimum absolute atomic E-state index is 0. The highest BCUT2D eigenvalue weighted by Crippen LogP contribution is 2.30. The number of nitrogens with zero attached hydrogens (tertiary/aromatic N) is 3. The summed E-state index contributed by atoms with van der Waals surface area (Å²) in [4.78, 5) is 14.5. The molecule has 1 atom stereocenters. The second-order valence-electron chi connectivity index (χ2n) is 6.50. The number of hydrogen-bond donors (Lipinski definition) is 1. The molecule has 2 heterocycles. The summed E-state index contributed by atoms with van der Waals surface area (Å²) in [6.45, 7) is 5.77. The van der Waals surface area contributed by atoms with E-state index in [1.807, 2.05) is 4.90 Å². The van der Waals surface area contributed by atoms with Crippen molar-refractivity contribution >= 4 is 18.3 Å². The maximum atomic E-state index is 13.9. The van der Waals surface area contributed by atoms with Gasteiger partial charge in [0.05, 0.1) is 17.5 Å². The maximum Gasteiger partial charge on any atom is 0.257 e. The van der Waals surface area contributed by atoms with Crippen LogP contribution in [0.2, 0.25) is 0 Å². The number of amides is 1. The van der Waals surface area contributed by atoms with Crippen molar-refractivity contribution in [3.63, 3.8) is 0 Å². The van der Waals surface area contributed by atoms with Crippen molar-refractivity contribution in [1.29, 1.82) is 0 Å². The summed E-state index contributed by atoms with van der Waals surface area (Å²) in [5, 5.41) is 4.20. The number of para-hydroxylation sites is 1. The van der Waals surface area contributed by atoms with Gasteiger partial charge in [-0.1, -0.05) is 19.1 Å². The first kappa shape index (κ1) is 18.4. The van der Waals surface area contributed by atoms with Crippen LogP contribution in [0.3, 0.4) is 0 Å². The molecule has 0 radical (unpaired) electrons. The molecule has 1 aromatic heterocycles. The number of nitrogens with two attached hydrogens (primary N) is 1. The second kappa shape index (κ2) is 6.91. The predicted molar refractivity (Wildman–Crippen MR) is 93.2 cm³/mol. The van der Waals surface area contributed by atoms with Crippen LogP contribution in [0.4, 0.5) is 4.39 Å². The van der Waals surface area contributed by atoms with Gasteiger partial charge in [-0.15, -0.1) is 12.4 Å². The molecule has 2 N–H and O–H groups in total. The number of halogens is 2. The van der Waals surface area contributed by atoms with Gasteiger partial charge in [0.25, 0.3) is 5.91 Å². The van der Waals surface area contributed by atoms with Gasteiger partial charge < -0.3 is 10.6 Å². The largest absolute Gasteiger partial charge is 0.338 e. The summed E-state index contributed by atoms with van der Waals surface area (Å²) < 4.78 is 15.4. The number of hydrogen-bond acceptors (Lipinski definition) is 3. The maximum absolute atomic E-state index is 13.9. The molecule has 130 valence electrons. The van der Waals surface area contributed by atoms with Crippen LogP contribution in [-0.4, -0.2) is 40.2 Å². The van der Waals surface area contributed by atoms with Crippen LogP contribution < -0.4 is 5.73 Å². The van der Waals surface area contributed by atoms with E-state index in [0.717, 1.165) is 6.42 Å². The van der Waals surface area contributed by atoms with E-state index < -0.39 is 0 Å². The SMILES string of the molecule is Cc1c(C(=O)N2CCC(C)(CN)C2)cnn1-c1ccccc1F.Cl. The molecule has 1 aliphatic rings. The average Bonchev–Trinajstić information content (AvgIpc) is 3.12. The van der Waals surface area contributed by atoms with Crippen molar-refractivity contribution in [1.82, 2.24) is 14.7 Å². The number of aromatic nitrogens is 2. The van der Waals surface area contributed by atoms with Crippen LogP contribution in [0.1, 0.15) is 29.4 Å². The van der Waals surface area contributed by atoms with Gasteiger partial charge in [-0.05, 0) is 37.4 Å². The zero-order valence-electron chi connectivity index (χ0n) is 13.8.